The van der Waals surface area contributed by atoms with Crippen LogP contribution in [0.5, 0.6) is 0 Å². The molecule has 0 bridgehead atoms. The van der Waals surface area contributed by atoms with E-state index in [0.29, 0.717) is 28.4 Å². The highest BCUT2D eigenvalue weighted by atomic mass is 32.2. The van der Waals surface area contributed by atoms with Crippen LogP contribution in [-0.2, 0) is 11.3 Å². The molecule has 2 aromatic heterocycles. The number of nitrogens with zero attached hydrogens (tertiary/aromatic N) is 4. The highest BCUT2D eigenvalue weighted by Crippen LogP contribution is 2.21. The molecule has 2 N–H and O–H groups in total. The molecule has 0 saturated carbocycles. The summed E-state index contributed by atoms with van der Waals surface area (Å²) in [5.74, 6) is -0.102. The third-order valence-electron chi connectivity index (χ3n) is 4.47. The SMILES string of the molecule is CNC(=O)NC(=O)CSc1nnc2n(Cc3ccccc3)c(=O)c3ccccc3n12. The van der Waals surface area contributed by atoms with Crippen LogP contribution in [0.4, 0.5) is 4.79 Å². The Morgan fingerprint density at radius 2 is 1.77 bits per heavy atom. The molecule has 2 aromatic carbocycles. The van der Waals surface area contributed by atoms with Gasteiger partial charge in [-0.1, -0.05) is 54.2 Å². The van der Waals surface area contributed by atoms with E-state index in [0.717, 1.165) is 17.3 Å². The lowest BCUT2D eigenvalue weighted by Gasteiger charge is -2.11. The van der Waals surface area contributed by atoms with E-state index in [-0.39, 0.29) is 11.3 Å². The number of para-hydroxylation sites is 1. The number of hydrogen-bond donors (Lipinski definition) is 2. The van der Waals surface area contributed by atoms with Crippen molar-refractivity contribution < 1.29 is 9.59 Å². The van der Waals surface area contributed by atoms with Gasteiger partial charge in [0.15, 0.2) is 5.16 Å². The van der Waals surface area contributed by atoms with Crippen LogP contribution in [0.1, 0.15) is 5.56 Å². The molecule has 0 fully saturated rings. The van der Waals surface area contributed by atoms with Crippen LogP contribution in [0.15, 0.2) is 64.5 Å². The third kappa shape index (κ3) is 3.77. The highest BCUT2D eigenvalue weighted by molar-refractivity contribution is 7.99. The fourth-order valence-electron chi connectivity index (χ4n) is 3.09. The number of amides is 3. The molecule has 0 aliphatic carbocycles. The van der Waals surface area contributed by atoms with Crippen molar-refractivity contribution in [2.24, 2.45) is 0 Å². The maximum absolute atomic E-state index is 13.1. The van der Waals surface area contributed by atoms with Gasteiger partial charge in [0.05, 0.1) is 23.2 Å². The standard InChI is InChI=1S/C20H18N6O3S/c1-21-18(29)22-16(27)12-30-20-24-23-19-25(11-13-7-3-2-4-8-13)17(28)14-9-5-6-10-15(14)26(19)20/h2-10H,11-12H2,1H3,(H2,21,22,27,29). The van der Waals surface area contributed by atoms with E-state index in [2.05, 4.69) is 20.8 Å². The van der Waals surface area contributed by atoms with Crippen LogP contribution in [0, 0.1) is 0 Å². The number of benzene rings is 2. The van der Waals surface area contributed by atoms with Crippen LogP contribution >= 0.6 is 11.8 Å². The van der Waals surface area contributed by atoms with E-state index < -0.39 is 11.9 Å². The van der Waals surface area contributed by atoms with E-state index in [1.807, 2.05) is 42.5 Å². The molecule has 0 aliphatic rings. The first-order valence-corrected chi connectivity index (χ1v) is 10.1. The summed E-state index contributed by atoms with van der Waals surface area (Å²) >= 11 is 1.13. The molecule has 4 aromatic rings. The fraction of sp³-hybridized carbons (Fsp3) is 0.150. The molecule has 10 heteroatoms. The number of hydrogen-bond acceptors (Lipinski definition) is 6. The van der Waals surface area contributed by atoms with E-state index >= 15 is 0 Å². The molecular formula is C20H18N6O3S. The molecule has 3 amide bonds. The second-order valence-corrected chi connectivity index (χ2v) is 7.37. The lowest BCUT2D eigenvalue weighted by molar-refractivity contribution is -0.117. The topological polar surface area (TPSA) is 110 Å². The monoisotopic (exact) mass is 422 g/mol. The predicted octanol–water partition coefficient (Wildman–Crippen LogP) is 1.64. The number of aromatic nitrogens is 4. The van der Waals surface area contributed by atoms with Crippen molar-refractivity contribution in [2.75, 3.05) is 12.8 Å². The number of imide groups is 1. The fourth-order valence-corrected chi connectivity index (χ4v) is 3.83. The predicted molar refractivity (Wildman–Crippen MR) is 114 cm³/mol. The number of rotatable bonds is 5. The summed E-state index contributed by atoms with van der Waals surface area (Å²) in [5.41, 5.74) is 1.45. The zero-order valence-electron chi connectivity index (χ0n) is 16.0. The number of thioether (sulfide) groups is 1. The number of urea groups is 1. The Kier molecular flexibility index (Phi) is 5.48. The summed E-state index contributed by atoms with van der Waals surface area (Å²) in [5, 5.41) is 13.9. The minimum absolute atomic E-state index is 0.0274. The smallest absolute Gasteiger partial charge is 0.321 e. The number of fused-ring (bicyclic) bond motifs is 3. The third-order valence-corrected chi connectivity index (χ3v) is 5.40. The van der Waals surface area contributed by atoms with E-state index in [1.165, 1.54) is 7.05 Å². The Morgan fingerprint density at radius 3 is 2.53 bits per heavy atom. The van der Waals surface area contributed by atoms with E-state index in [4.69, 9.17) is 0 Å². The Balaban J connectivity index is 1.78. The van der Waals surface area contributed by atoms with Crippen molar-refractivity contribution in [1.82, 2.24) is 29.8 Å². The van der Waals surface area contributed by atoms with Gasteiger partial charge in [0.25, 0.3) is 5.56 Å². The van der Waals surface area contributed by atoms with Gasteiger partial charge in [0.1, 0.15) is 0 Å². The molecule has 0 spiro atoms. The summed E-state index contributed by atoms with van der Waals surface area (Å²) in [6.07, 6.45) is 0. The molecule has 0 unspecified atom stereocenters. The van der Waals surface area contributed by atoms with Gasteiger partial charge < -0.3 is 5.32 Å². The molecule has 0 atom stereocenters. The van der Waals surface area contributed by atoms with Crippen LogP contribution in [0.25, 0.3) is 16.7 Å². The van der Waals surface area contributed by atoms with Crippen LogP contribution in [0.2, 0.25) is 0 Å². The zero-order valence-corrected chi connectivity index (χ0v) is 16.8. The first-order chi connectivity index (χ1) is 14.6. The van der Waals surface area contributed by atoms with Gasteiger partial charge in [0, 0.05) is 7.05 Å². The number of nitrogens with one attached hydrogen (secondary N) is 2. The second-order valence-electron chi connectivity index (χ2n) is 6.43. The Bertz CT molecular complexity index is 1300. The minimum atomic E-state index is -0.575. The minimum Gasteiger partial charge on any atom is -0.341 e. The molecule has 30 heavy (non-hydrogen) atoms. The van der Waals surface area contributed by atoms with Gasteiger partial charge in [0.2, 0.25) is 11.7 Å². The molecule has 9 nitrogen and oxygen atoms in total. The van der Waals surface area contributed by atoms with Gasteiger partial charge in [-0.15, -0.1) is 10.2 Å². The number of carbonyl (C=O) groups is 2. The second kappa shape index (κ2) is 8.37. The van der Waals surface area contributed by atoms with Crippen molar-refractivity contribution in [1.29, 1.82) is 0 Å². The van der Waals surface area contributed by atoms with Gasteiger partial charge in [-0.05, 0) is 17.7 Å². The van der Waals surface area contributed by atoms with Crippen molar-refractivity contribution in [3.05, 3.63) is 70.5 Å². The maximum atomic E-state index is 13.1. The molecule has 152 valence electrons. The normalized spacial score (nSPS) is 11.0. The molecule has 0 saturated heterocycles. The largest absolute Gasteiger partial charge is 0.341 e. The molecular weight excluding hydrogens is 404 g/mol. The van der Waals surface area contributed by atoms with Crippen molar-refractivity contribution in [3.63, 3.8) is 0 Å². The summed E-state index contributed by atoms with van der Waals surface area (Å²) in [6, 6.07) is 16.2. The van der Waals surface area contributed by atoms with Crippen LogP contribution in [-0.4, -0.2) is 43.9 Å². The van der Waals surface area contributed by atoms with Crippen molar-refractivity contribution in [2.45, 2.75) is 11.7 Å². The Morgan fingerprint density at radius 1 is 1.03 bits per heavy atom. The van der Waals surface area contributed by atoms with E-state index in [1.54, 1.807) is 21.1 Å². The summed E-state index contributed by atoms with van der Waals surface area (Å²) in [4.78, 5) is 36.4. The molecule has 0 radical (unpaired) electrons. The first-order valence-electron chi connectivity index (χ1n) is 9.13. The number of carbonyl (C=O) groups excluding carboxylic acids is 2. The van der Waals surface area contributed by atoms with Crippen LogP contribution < -0.4 is 16.2 Å². The molecule has 2 heterocycles. The zero-order chi connectivity index (χ0) is 21.1. The molecule has 4 rings (SSSR count). The van der Waals surface area contributed by atoms with E-state index in [9.17, 15) is 14.4 Å². The quantitative estimate of drug-likeness (QED) is 0.473. The average Bonchev–Trinajstić information content (AvgIpc) is 3.20. The van der Waals surface area contributed by atoms with Crippen molar-refractivity contribution >= 4 is 40.4 Å². The Hall–Kier alpha value is -3.66. The van der Waals surface area contributed by atoms with Gasteiger partial charge in [-0.25, -0.2) is 4.79 Å². The Labute approximate surface area is 175 Å². The summed E-state index contributed by atoms with van der Waals surface area (Å²) in [6.45, 7) is 0.341. The lowest BCUT2D eigenvalue weighted by atomic mass is 10.2. The lowest BCUT2D eigenvalue weighted by Crippen LogP contribution is -2.38. The first kappa shape index (κ1) is 19.6. The summed E-state index contributed by atoms with van der Waals surface area (Å²) in [7, 11) is 1.43. The van der Waals surface area contributed by atoms with Gasteiger partial charge in [-0.3, -0.25) is 23.9 Å². The summed E-state index contributed by atoms with van der Waals surface area (Å²) < 4.78 is 3.33. The van der Waals surface area contributed by atoms with Gasteiger partial charge in [-0.2, -0.15) is 0 Å². The van der Waals surface area contributed by atoms with Gasteiger partial charge >= 0.3 is 6.03 Å². The average molecular weight is 422 g/mol. The van der Waals surface area contributed by atoms with Crippen molar-refractivity contribution in [3.8, 4) is 0 Å². The van der Waals surface area contributed by atoms with Crippen LogP contribution in [0.3, 0.4) is 0 Å². The maximum Gasteiger partial charge on any atom is 0.321 e. The molecule has 0 aliphatic heterocycles. The highest BCUT2D eigenvalue weighted by Gasteiger charge is 2.18.